The van der Waals surface area contributed by atoms with Gasteiger partial charge in [0.25, 0.3) is 5.56 Å². The third-order valence-electron chi connectivity index (χ3n) is 6.95. The second-order valence-electron chi connectivity index (χ2n) is 9.66. The number of phenols is 2. The van der Waals surface area contributed by atoms with Crippen molar-refractivity contribution >= 4 is 35.4 Å². The molecule has 1 aliphatic heterocycles. The molecule has 8 heteroatoms. The summed E-state index contributed by atoms with van der Waals surface area (Å²) in [4.78, 5) is 15.4. The Bertz CT molecular complexity index is 1890. The van der Waals surface area contributed by atoms with Gasteiger partial charge in [-0.05, 0) is 90.7 Å². The van der Waals surface area contributed by atoms with Crippen molar-refractivity contribution in [3.05, 3.63) is 123 Å². The van der Waals surface area contributed by atoms with Gasteiger partial charge in [0.15, 0.2) is 11.5 Å². The number of H-pyrrole nitrogens is 1. The van der Waals surface area contributed by atoms with Crippen molar-refractivity contribution in [1.82, 2.24) is 9.78 Å². The Balaban J connectivity index is 1.25. The number of hydrogen-bond donors (Lipinski definition) is 3. The predicted molar refractivity (Wildman–Crippen MR) is 157 cm³/mol. The van der Waals surface area contributed by atoms with Crippen LogP contribution in [0, 0.1) is 0 Å². The number of aromatic amines is 1. The molecule has 4 aromatic carbocycles. The number of fused-ring (bicyclic) bond motifs is 1. The molecule has 0 aliphatic carbocycles. The summed E-state index contributed by atoms with van der Waals surface area (Å²) in [5, 5.41) is 31.7. The highest BCUT2D eigenvalue weighted by Gasteiger charge is 2.18. The van der Waals surface area contributed by atoms with E-state index in [4.69, 9.17) is 0 Å². The SMILES string of the molecule is C=c1[nH]n(-c2ccccc2)c(=O)c1=Cc1ccc2c(c1)CCCN2c1ccc(N=Nc2ccc(O)c(O)c2)cc1. The summed E-state index contributed by atoms with van der Waals surface area (Å²) >= 11 is 0. The van der Waals surface area contributed by atoms with Gasteiger partial charge < -0.3 is 15.1 Å². The van der Waals surface area contributed by atoms with Crippen LogP contribution in [-0.2, 0) is 6.42 Å². The van der Waals surface area contributed by atoms with Crippen LogP contribution in [0.1, 0.15) is 17.5 Å². The molecule has 2 heterocycles. The number of aromatic nitrogens is 2. The van der Waals surface area contributed by atoms with Crippen molar-refractivity contribution in [3.63, 3.8) is 0 Å². The molecule has 0 fully saturated rings. The van der Waals surface area contributed by atoms with E-state index in [0.717, 1.165) is 42.0 Å². The molecule has 0 amide bonds. The summed E-state index contributed by atoms with van der Waals surface area (Å²) in [5.41, 5.74) is 6.13. The van der Waals surface area contributed by atoms with E-state index in [1.807, 2.05) is 66.7 Å². The molecule has 0 spiro atoms. The molecular weight excluding hydrogens is 502 g/mol. The zero-order valence-electron chi connectivity index (χ0n) is 21.7. The van der Waals surface area contributed by atoms with Crippen LogP contribution in [0.3, 0.4) is 0 Å². The normalized spacial score (nSPS) is 13.6. The standard InChI is InChI=1S/C32H27N5O3/c1-21-28(32(40)37(35-21)27-7-3-2-4-8-27)19-22-9-15-29-23(18-22)6-5-17-36(29)26-13-10-24(11-14-26)33-34-25-12-16-30(38)31(39)20-25/h2-4,7-16,18-20,35,38-39H,1,5-6,17H2. The lowest BCUT2D eigenvalue weighted by Gasteiger charge is -2.31. The Hall–Kier alpha value is -5.37. The summed E-state index contributed by atoms with van der Waals surface area (Å²) in [6.45, 7) is 4.95. The van der Waals surface area contributed by atoms with E-state index < -0.39 is 0 Å². The first-order valence-electron chi connectivity index (χ1n) is 13.0. The fraction of sp³-hybridized carbons (Fsp3) is 0.0938. The average Bonchev–Trinajstić information content (AvgIpc) is 3.26. The molecule has 1 aromatic heterocycles. The highest BCUT2D eigenvalue weighted by molar-refractivity contribution is 5.71. The number of rotatable bonds is 5. The first kappa shape index (κ1) is 24.9. The van der Waals surface area contributed by atoms with Gasteiger partial charge in [0.05, 0.1) is 27.6 Å². The Kier molecular flexibility index (Phi) is 6.49. The van der Waals surface area contributed by atoms with Gasteiger partial charge >= 0.3 is 0 Å². The minimum atomic E-state index is -0.236. The van der Waals surface area contributed by atoms with Gasteiger partial charge in [-0.15, -0.1) is 0 Å². The zero-order valence-corrected chi connectivity index (χ0v) is 21.7. The topological polar surface area (TPSA) is 106 Å². The minimum absolute atomic E-state index is 0.130. The van der Waals surface area contributed by atoms with Crippen LogP contribution in [0.2, 0.25) is 0 Å². The first-order chi connectivity index (χ1) is 19.5. The molecule has 0 saturated carbocycles. The van der Waals surface area contributed by atoms with Gasteiger partial charge in [-0.1, -0.05) is 30.8 Å². The van der Waals surface area contributed by atoms with E-state index in [1.165, 1.54) is 22.4 Å². The van der Waals surface area contributed by atoms with Crippen molar-refractivity contribution < 1.29 is 10.2 Å². The van der Waals surface area contributed by atoms with E-state index in [1.54, 1.807) is 6.07 Å². The van der Waals surface area contributed by atoms with Crippen LogP contribution in [-0.4, -0.2) is 26.5 Å². The summed E-state index contributed by atoms with van der Waals surface area (Å²) in [6, 6.07) is 27.9. The molecule has 198 valence electrons. The third-order valence-corrected chi connectivity index (χ3v) is 6.95. The van der Waals surface area contributed by atoms with Crippen molar-refractivity contribution in [3.8, 4) is 17.2 Å². The number of phenolic OH excluding ortho intramolecular Hbond substituents is 2. The number of azo groups is 1. The lowest BCUT2D eigenvalue weighted by atomic mass is 9.98. The molecule has 40 heavy (non-hydrogen) atoms. The van der Waals surface area contributed by atoms with Gasteiger partial charge in [0.2, 0.25) is 0 Å². The highest BCUT2D eigenvalue weighted by Crippen LogP contribution is 2.35. The molecule has 0 atom stereocenters. The second kappa shape index (κ2) is 10.4. The van der Waals surface area contributed by atoms with Gasteiger partial charge in [-0.25, -0.2) is 4.68 Å². The Morgan fingerprint density at radius 3 is 2.35 bits per heavy atom. The molecule has 1 aliphatic rings. The van der Waals surface area contributed by atoms with Crippen molar-refractivity contribution in [2.45, 2.75) is 12.8 Å². The molecule has 0 bridgehead atoms. The number of aromatic hydroxyl groups is 2. The maximum Gasteiger partial charge on any atom is 0.279 e. The number of aryl methyl sites for hydroxylation is 1. The maximum atomic E-state index is 13.1. The van der Waals surface area contributed by atoms with Crippen molar-refractivity contribution in [2.24, 2.45) is 10.2 Å². The maximum absolute atomic E-state index is 13.1. The lowest BCUT2D eigenvalue weighted by molar-refractivity contribution is 0.404. The molecule has 0 unspecified atom stereocenters. The van der Waals surface area contributed by atoms with Gasteiger partial charge in [-0.2, -0.15) is 10.2 Å². The molecule has 5 aromatic rings. The molecule has 8 nitrogen and oxygen atoms in total. The highest BCUT2D eigenvalue weighted by atomic mass is 16.3. The number of anilines is 2. The Labute approximate surface area is 230 Å². The number of nitrogens with one attached hydrogen (secondary N) is 1. The number of para-hydroxylation sites is 1. The molecular formula is C32H27N5O3. The fourth-order valence-corrected chi connectivity index (χ4v) is 4.93. The Morgan fingerprint density at radius 2 is 1.57 bits per heavy atom. The Morgan fingerprint density at radius 1 is 0.825 bits per heavy atom. The van der Waals surface area contributed by atoms with E-state index in [2.05, 4.69) is 38.9 Å². The number of nitrogens with zero attached hydrogens (tertiary/aromatic N) is 4. The second-order valence-corrected chi connectivity index (χ2v) is 9.66. The summed E-state index contributed by atoms with van der Waals surface area (Å²) in [5.74, 6) is -0.432. The smallest absolute Gasteiger partial charge is 0.279 e. The number of hydrogen-bond acceptors (Lipinski definition) is 6. The van der Waals surface area contributed by atoms with Crippen molar-refractivity contribution in [1.29, 1.82) is 0 Å². The van der Waals surface area contributed by atoms with Crippen LogP contribution in [0.5, 0.6) is 11.5 Å². The van der Waals surface area contributed by atoms with Crippen LogP contribution >= 0.6 is 0 Å². The van der Waals surface area contributed by atoms with Crippen molar-refractivity contribution in [2.75, 3.05) is 11.4 Å². The van der Waals surface area contributed by atoms with E-state index in [0.29, 0.717) is 21.9 Å². The van der Waals surface area contributed by atoms with E-state index in [-0.39, 0.29) is 17.1 Å². The first-order valence-corrected chi connectivity index (χ1v) is 13.0. The fourth-order valence-electron chi connectivity index (χ4n) is 4.93. The largest absolute Gasteiger partial charge is 0.504 e. The average molecular weight is 530 g/mol. The van der Waals surface area contributed by atoms with Gasteiger partial charge in [0, 0.05) is 24.0 Å². The monoisotopic (exact) mass is 529 g/mol. The lowest BCUT2D eigenvalue weighted by Crippen LogP contribution is -2.34. The van der Waals surface area contributed by atoms with Gasteiger partial charge in [-0.3, -0.25) is 9.89 Å². The molecule has 3 N–H and O–H groups in total. The van der Waals surface area contributed by atoms with Crippen LogP contribution in [0.15, 0.2) is 106 Å². The van der Waals surface area contributed by atoms with Gasteiger partial charge in [0.1, 0.15) is 0 Å². The van der Waals surface area contributed by atoms with Crippen LogP contribution in [0.4, 0.5) is 22.7 Å². The molecule has 6 rings (SSSR count). The van der Waals surface area contributed by atoms with Crippen LogP contribution < -0.4 is 21.0 Å². The van der Waals surface area contributed by atoms with E-state index in [9.17, 15) is 15.0 Å². The number of benzene rings is 4. The summed E-state index contributed by atoms with van der Waals surface area (Å²) < 4.78 is 1.52. The van der Waals surface area contributed by atoms with E-state index >= 15 is 0 Å². The quantitative estimate of drug-likeness (QED) is 0.212. The predicted octanol–water partition coefficient (Wildman–Crippen LogP) is 5.32. The molecule has 0 saturated heterocycles. The zero-order chi connectivity index (χ0) is 27.6. The minimum Gasteiger partial charge on any atom is -0.504 e. The molecule has 0 radical (unpaired) electrons. The third kappa shape index (κ3) is 4.90. The summed E-state index contributed by atoms with van der Waals surface area (Å²) in [7, 11) is 0. The summed E-state index contributed by atoms with van der Waals surface area (Å²) in [6.07, 6.45) is 3.86. The van der Waals surface area contributed by atoms with Crippen LogP contribution in [0.25, 0.3) is 18.3 Å².